The van der Waals surface area contributed by atoms with Gasteiger partial charge in [0.15, 0.2) is 11.5 Å². The largest absolute Gasteiger partial charge is 0.478 e. The lowest BCUT2D eigenvalue weighted by Gasteiger charge is -2.16. The van der Waals surface area contributed by atoms with Crippen LogP contribution in [0.25, 0.3) is 0 Å². The number of amides is 1. The molecule has 0 aliphatic carbocycles. The number of allylic oxidation sites excluding steroid dienone is 1. The molecule has 4 N–H and O–H groups in total. The molecule has 0 spiro atoms. The van der Waals surface area contributed by atoms with E-state index in [0.29, 0.717) is 27.9 Å². The molecule has 0 saturated heterocycles. The summed E-state index contributed by atoms with van der Waals surface area (Å²) in [5.41, 5.74) is 1.20. The van der Waals surface area contributed by atoms with Crippen LogP contribution in [-0.2, 0) is 0 Å². The van der Waals surface area contributed by atoms with Crippen molar-refractivity contribution in [3.05, 3.63) is 47.4 Å². The maximum absolute atomic E-state index is 12.2. The molecule has 1 aromatic heterocycles. The van der Waals surface area contributed by atoms with E-state index in [1.54, 1.807) is 24.5 Å². The zero-order valence-corrected chi connectivity index (χ0v) is 16.7. The number of carboxylic acid groups (broad SMARTS) is 1. The summed E-state index contributed by atoms with van der Waals surface area (Å²) in [5, 5.41) is 26.3. The molecule has 0 saturated carbocycles. The zero-order chi connectivity index (χ0) is 20.8. The number of aromatic nitrogens is 2. The van der Waals surface area contributed by atoms with Gasteiger partial charge in [-0.25, -0.2) is 9.79 Å². The molecule has 2 heterocycles. The fourth-order valence-electron chi connectivity index (χ4n) is 2.73. The minimum Gasteiger partial charge on any atom is -0.478 e. The van der Waals surface area contributed by atoms with Gasteiger partial charge in [0.25, 0.3) is 5.91 Å². The Morgan fingerprint density at radius 3 is 2.62 bits per heavy atom. The van der Waals surface area contributed by atoms with E-state index in [1.165, 1.54) is 24.9 Å². The van der Waals surface area contributed by atoms with Gasteiger partial charge in [0.1, 0.15) is 5.82 Å². The second-order valence-corrected chi connectivity index (χ2v) is 6.81. The lowest BCUT2D eigenvalue weighted by molar-refractivity contribution is 0.0693. The molecule has 3 rings (SSSR count). The number of nitrogens with zero attached hydrogens (tertiary/aromatic N) is 3. The van der Waals surface area contributed by atoms with E-state index in [0.717, 1.165) is 12.8 Å². The van der Waals surface area contributed by atoms with E-state index >= 15 is 0 Å². The third-order valence-electron chi connectivity index (χ3n) is 4.07. The van der Waals surface area contributed by atoms with Gasteiger partial charge in [-0.15, -0.1) is 22.0 Å². The summed E-state index contributed by atoms with van der Waals surface area (Å²) in [6, 6.07) is 6.55. The fraction of sp³-hybridized carbons (Fsp3) is 0.211. The Kier molecular flexibility index (Phi) is 6.45. The van der Waals surface area contributed by atoms with Crippen molar-refractivity contribution in [2.24, 2.45) is 4.99 Å². The summed E-state index contributed by atoms with van der Waals surface area (Å²) >= 11 is 1.30. The highest BCUT2D eigenvalue weighted by atomic mass is 32.2. The number of carbonyl (C=O) groups is 2. The first-order chi connectivity index (χ1) is 14.0. The summed E-state index contributed by atoms with van der Waals surface area (Å²) in [5.74, 6) is -0.379. The summed E-state index contributed by atoms with van der Waals surface area (Å²) in [6.45, 7) is 0. The number of benzene rings is 1. The minimum absolute atomic E-state index is 0.0898. The first-order valence-electron chi connectivity index (χ1n) is 8.80. The second-order valence-electron chi connectivity index (χ2n) is 5.99. The van der Waals surface area contributed by atoms with Crippen molar-refractivity contribution in [1.82, 2.24) is 15.5 Å². The minimum atomic E-state index is -1.03. The van der Waals surface area contributed by atoms with Crippen molar-refractivity contribution in [2.75, 3.05) is 23.9 Å². The summed E-state index contributed by atoms with van der Waals surface area (Å²) in [6.07, 6.45) is 7.31. The van der Waals surface area contributed by atoms with Crippen molar-refractivity contribution in [3.8, 4) is 0 Å². The lowest BCUT2D eigenvalue weighted by Crippen LogP contribution is -2.21. The maximum Gasteiger partial charge on any atom is 0.336 e. The monoisotopic (exact) mass is 412 g/mol. The topological polar surface area (TPSA) is 129 Å². The number of carbonyl (C=O) groups excluding carboxylic acids is 1. The summed E-state index contributed by atoms with van der Waals surface area (Å²) in [4.78, 5) is 28.6. The van der Waals surface area contributed by atoms with Gasteiger partial charge in [0.05, 0.1) is 16.9 Å². The molecular weight excluding hydrogens is 392 g/mol. The van der Waals surface area contributed by atoms with Crippen LogP contribution in [0.1, 0.15) is 33.7 Å². The van der Waals surface area contributed by atoms with E-state index < -0.39 is 11.9 Å². The molecule has 0 atom stereocenters. The number of aliphatic imine (C=N–C) groups is 1. The summed E-state index contributed by atoms with van der Waals surface area (Å²) < 4.78 is 0. The van der Waals surface area contributed by atoms with Gasteiger partial charge in [0, 0.05) is 24.2 Å². The second kappa shape index (κ2) is 9.20. The molecule has 0 radical (unpaired) electrons. The number of hydrogen-bond acceptors (Lipinski definition) is 8. The van der Waals surface area contributed by atoms with E-state index in [4.69, 9.17) is 0 Å². The van der Waals surface area contributed by atoms with E-state index in [-0.39, 0.29) is 11.3 Å². The third kappa shape index (κ3) is 4.72. The van der Waals surface area contributed by atoms with Gasteiger partial charge < -0.3 is 21.1 Å². The highest BCUT2D eigenvalue weighted by molar-refractivity contribution is 7.98. The Hall–Kier alpha value is -3.40. The number of anilines is 3. The normalized spacial score (nSPS) is 12.8. The number of carboxylic acids is 1. The van der Waals surface area contributed by atoms with Gasteiger partial charge in [0.2, 0.25) is 0 Å². The molecule has 0 fully saturated rings. The van der Waals surface area contributed by atoms with Crippen LogP contribution < -0.4 is 16.0 Å². The predicted octanol–water partition coefficient (Wildman–Crippen LogP) is 3.12. The highest BCUT2D eigenvalue weighted by Crippen LogP contribution is 2.33. The van der Waals surface area contributed by atoms with Crippen LogP contribution >= 0.6 is 11.8 Å². The molecule has 1 aliphatic rings. The molecule has 0 bridgehead atoms. The smallest absolute Gasteiger partial charge is 0.336 e. The Balaban J connectivity index is 2.00. The Morgan fingerprint density at radius 2 is 1.97 bits per heavy atom. The SMILES string of the molecule is CNC(=O)c1nnc(NC2=CCCC=N2)cc1Nc1cccc(C(=O)O)c1SC. The molecule has 10 heteroatoms. The molecule has 1 aromatic carbocycles. The molecule has 9 nitrogen and oxygen atoms in total. The van der Waals surface area contributed by atoms with Crippen LogP contribution in [0, 0.1) is 0 Å². The quantitative estimate of drug-likeness (QED) is 0.511. The van der Waals surface area contributed by atoms with Crippen molar-refractivity contribution in [1.29, 1.82) is 0 Å². The molecular formula is C19H20N6O3S. The van der Waals surface area contributed by atoms with E-state index in [1.807, 2.05) is 12.3 Å². The van der Waals surface area contributed by atoms with Crippen LogP contribution in [0.4, 0.5) is 17.2 Å². The van der Waals surface area contributed by atoms with Crippen LogP contribution in [0.3, 0.4) is 0 Å². The Morgan fingerprint density at radius 1 is 1.14 bits per heavy atom. The molecule has 150 valence electrons. The first-order valence-corrected chi connectivity index (χ1v) is 10.0. The molecule has 2 aromatic rings. The maximum atomic E-state index is 12.2. The van der Waals surface area contributed by atoms with Crippen molar-refractivity contribution in [3.63, 3.8) is 0 Å². The number of rotatable bonds is 7. The average Bonchev–Trinajstić information content (AvgIpc) is 2.74. The predicted molar refractivity (Wildman–Crippen MR) is 113 cm³/mol. The number of aromatic carboxylic acids is 1. The molecule has 1 aliphatic heterocycles. The van der Waals surface area contributed by atoms with Gasteiger partial charge in [-0.05, 0) is 37.3 Å². The van der Waals surface area contributed by atoms with E-state index in [9.17, 15) is 14.7 Å². The van der Waals surface area contributed by atoms with Crippen LogP contribution in [0.5, 0.6) is 0 Å². The van der Waals surface area contributed by atoms with Crippen molar-refractivity contribution < 1.29 is 14.7 Å². The molecule has 1 amide bonds. The lowest BCUT2D eigenvalue weighted by atomic mass is 10.2. The standard InChI is InChI=1S/C19H20N6O3S/c1-20-18(26)16-13(10-15(24-25-16)23-14-8-3-4-9-21-14)22-12-7-5-6-11(19(27)28)17(12)29-2/h5-10H,3-4H2,1-2H3,(H,20,26)(H,27,28)(H2,22,23,24). The number of thioether (sulfide) groups is 1. The third-order valence-corrected chi connectivity index (χ3v) is 4.92. The Labute approximate surface area is 171 Å². The van der Waals surface area contributed by atoms with Gasteiger partial charge in [-0.3, -0.25) is 4.79 Å². The van der Waals surface area contributed by atoms with Gasteiger partial charge >= 0.3 is 5.97 Å². The number of hydrogen-bond donors (Lipinski definition) is 4. The fourth-order valence-corrected chi connectivity index (χ4v) is 3.44. The van der Waals surface area contributed by atoms with Crippen LogP contribution in [0.2, 0.25) is 0 Å². The highest BCUT2D eigenvalue weighted by Gasteiger charge is 2.18. The molecule has 0 unspecified atom stereocenters. The van der Waals surface area contributed by atoms with Crippen molar-refractivity contribution >= 4 is 47.0 Å². The van der Waals surface area contributed by atoms with Gasteiger partial charge in [-0.1, -0.05) is 6.07 Å². The first kappa shape index (κ1) is 20.3. The van der Waals surface area contributed by atoms with Crippen molar-refractivity contribution in [2.45, 2.75) is 17.7 Å². The Bertz CT molecular complexity index is 1010. The summed E-state index contributed by atoms with van der Waals surface area (Å²) in [7, 11) is 1.50. The number of nitrogens with one attached hydrogen (secondary N) is 3. The van der Waals surface area contributed by atoms with Gasteiger partial charge in [-0.2, -0.15) is 0 Å². The average molecular weight is 412 g/mol. The zero-order valence-electron chi connectivity index (χ0n) is 15.9. The van der Waals surface area contributed by atoms with Crippen LogP contribution in [0.15, 0.2) is 46.1 Å². The molecule has 29 heavy (non-hydrogen) atoms. The van der Waals surface area contributed by atoms with Crippen LogP contribution in [-0.4, -0.2) is 46.7 Å². The van der Waals surface area contributed by atoms with E-state index in [2.05, 4.69) is 31.1 Å².